The van der Waals surface area contributed by atoms with Gasteiger partial charge in [0.1, 0.15) is 5.75 Å². The maximum absolute atomic E-state index is 12.1. The van der Waals surface area contributed by atoms with Crippen molar-refractivity contribution in [2.75, 3.05) is 17.2 Å². The largest absolute Gasteiger partial charge is 0.484 e. The van der Waals surface area contributed by atoms with E-state index in [1.165, 1.54) is 5.56 Å². The first-order valence-corrected chi connectivity index (χ1v) is 9.12. The van der Waals surface area contributed by atoms with Crippen molar-refractivity contribution in [3.05, 3.63) is 90.0 Å². The molecule has 28 heavy (non-hydrogen) atoms. The number of benzene rings is 3. The summed E-state index contributed by atoms with van der Waals surface area (Å²) < 4.78 is 5.50. The summed E-state index contributed by atoms with van der Waals surface area (Å²) in [7, 11) is 0. The van der Waals surface area contributed by atoms with E-state index in [0.717, 1.165) is 12.1 Å². The van der Waals surface area contributed by atoms with E-state index in [2.05, 4.69) is 17.6 Å². The molecule has 0 aliphatic heterocycles. The van der Waals surface area contributed by atoms with E-state index >= 15 is 0 Å². The topological polar surface area (TPSA) is 67.4 Å². The molecule has 0 spiro atoms. The third-order valence-corrected chi connectivity index (χ3v) is 4.16. The fourth-order valence-electron chi connectivity index (χ4n) is 2.60. The maximum Gasteiger partial charge on any atom is 0.262 e. The van der Waals surface area contributed by atoms with Crippen molar-refractivity contribution in [1.82, 2.24) is 0 Å². The number of carbonyl (C=O) groups is 2. The zero-order valence-corrected chi connectivity index (χ0v) is 15.6. The molecule has 0 radical (unpaired) electrons. The molecule has 0 fully saturated rings. The number of hydrogen-bond acceptors (Lipinski definition) is 3. The number of ether oxygens (including phenoxy) is 1. The van der Waals surface area contributed by atoms with Crippen LogP contribution in [0.1, 0.15) is 22.8 Å². The van der Waals surface area contributed by atoms with Crippen LogP contribution in [0.5, 0.6) is 5.75 Å². The van der Waals surface area contributed by atoms with Gasteiger partial charge in [0.2, 0.25) is 0 Å². The van der Waals surface area contributed by atoms with Crippen molar-refractivity contribution in [1.29, 1.82) is 0 Å². The minimum Gasteiger partial charge on any atom is -0.484 e. The van der Waals surface area contributed by atoms with E-state index in [0.29, 0.717) is 17.0 Å². The first kappa shape index (κ1) is 19.2. The van der Waals surface area contributed by atoms with Crippen LogP contribution in [0, 0.1) is 0 Å². The average Bonchev–Trinajstić information content (AvgIpc) is 2.74. The van der Waals surface area contributed by atoms with E-state index in [-0.39, 0.29) is 18.4 Å². The Morgan fingerprint density at radius 1 is 0.786 bits per heavy atom. The van der Waals surface area contributed by atoms with Gasteiger partial charge < -0.3 is 15.4 Å². The molecule has 2 amide bonds. The predicted molar refractivity (Wildman–Crippen MR) is 111 cm³/mol. The van der Waals surface area contributed by atoms with Crippen molar-refractivity contribution in [3.63, 3.8) is 0 Å². The van der Waals surface area contributed by atoms with Crippen molar-refractivity contribution in [2.45, 2.75) is 13.3 Å². The molecule has 3 aromatic carbocycles. The Hall–Kier alpha value is -3.60. The molecule has 142 valence electrons. The minimum absolute atomic E-state index is 0.0920. The molecule has 0 aromatic heterocycles. The summed E-state index contributed by atoms with van der Waals surface area (Å²) in [6, 6.07) is 23.6. The van der Waals surface area contributed by atoms with Gasteiger partial charge in [0.15, 0.2) is 6.61 Å². The van der Waals surface area contributed by atoms with Gasteiger partial charge in [0.25, 0.3) is 11.8 Å². The van der Waals surface area contributed by atoms with Gasteiger partial charge >= 0.3 is 0 Å². The van der Waals surface area contributed by atoms with Crippen LogP contribution in [0.15, 0.2) is 78.9 Å². The molecule has 0 atom stereocenters. The van der Waals surface area contributed by atoms with Crippen LogP contribution in [0.4, 0.5) is 11.4 Å². The number of carbonyl (C=O) groups excluding carboxylic acids is 2. The second-order valence-electron chi connectivity index (χ2n) is 6.23. The predicted octanol–water partition coefficient (Wildman–Crippen LogP) is 4.52. The number of hydrogen-bond donors (Lipinski definition) is 2. The molecular weight excluding hydrogens is 352 g/mol. The van der Waals surface area contributed by atoms with Gasteiger partial charge in [0.05, 0.1) is 0 Å². The number of rotatable bonds is 7. The molecule has 0 heterocycles. The fraction of sp³-hybridized carbons (Fsp3) is 0.130. The van der Waals surface area contributed by atoms with Crippen molar-refractivity contribution < 1.29 is 14.3 Å². The SMILES string of the molecule is CCc1ccc(NC(=O)COc2ccc(NC(=O)c3ccccc3)cc2)cc1. The van der Waals surface area contributed by atoms with Gasteiger partial charge in [-0.25, -0.2) is 0 Å². The Balaban J connectivity index is 1.48. The molecule has 0 bridgehead atoms. The molecule has 0 saturated heterocycles. The standard InChI is InChI=1S/C23H22N2O3/c1-2-17-8-10-19(11-9-17)24-22(26)16-28-21-14-12-20(13-15-21)25-23(27)18-6-4-3-5-7-18/h3-15H,2,16H2,1H3,(H,24,26)(H,25,27). The Morgan fingerprint density at radius 2 is 1.39 bits per heavy atom. The molecule has 2 N–H and O–H groups in total. The van der Waals surface area contributed by atoms with Crippen LogP contribution in [0.25, 0.3) is 0 Å². The second-order valence-corrected chi connectivity index (χ2v) is 6.23. The van der Waals surface area contributed by atoms with Crippen molar-refractivity contribution in [3.8, 4) is 5.75 Å². The van der Waals surface area contributed by atoms with Crippen LogP contribution in [0.3, 0.4) is 0 Å². The number of amides is 2. The Morgan fingerprint density at radius 3 is 2.04 bits per heavy atom. The summed E-state index contributed by atoms with van der Waals surface area (Å²) in [4.78, 5) is 24.1. The van der Waals surface area contributed by atoms with E-state index in [9.17, 15) is 9.59 Å². The number of aryl methyl sites for hydroxylation is 1. The Kier molecular flexibility index (Phi) is 6.41. The van der Waals surface area contributed by atoms with E-state index in [1.807, 2.05) is 42.5 Å². The number of nitrogens with one attached hydrogen (secondary N) is 2. The van der Waals surface area contributed by atoms with Gasteiger partial charge in [-0.15, -0.1) is 0 Å². The van der Waals surface area contributed by atoms with Gasteiger partial charge in [-0.05, 0) is 60.5 Å². The zero-order chi connectivity index (χ0) is 19.8. The summed E-state index contributed by atoms with van der Waals surface area (Å²) in [5, 5.41) is 5.62. The van der Waals surface area contributed by atoms with Crippen LogP contribution >= 0.6 is 0 Å². The summed E-state index contributed by atoms with van der Waals surface area (Å²) in [5.41, 5.74) is 3.20. The summed E-state index contributed by atoms with van der Waals surface area (Å²) in [6.45, 7) is 1.99. The minimum atomic E-state index is -0.231. The van der Waals surface area contributed by atoms with Crippen molar-refractivity contribution >= 4 is 23.2 Å². The molecule has 0 saturated carbocycles. The van der Waals surface area contributed by atoms with Gasteiger partial charge in [-0.2, -0.15) is 0 Å². The maximum atomic E-state index is 12.1. The molecule has 3 aromatic rings. The third-order valence-electron chi connectivity index (χ3n) is 4.16. The normalized spacial score (nSPS) is 10.2. The van der Waals surface area contributed by atoms with Gasteiger partial charge in [0, 0.05) is 16.9 Å². The summed E-state index contributed by atoms with van der Waals surface area (Å²) >= 11 is 0. The van der Waals surface area contributed by atoms with Gasteiger partial charge in [-0.3, -0.25) is 9.59 Å². The monoisotopic (exact) mass is 374 g/mol. The molecule has 0 unspecified atom stereocenters. The average molecular weight is 374 g/mol. The Bertz CT molecular complexity index is 920. The lowest BCUT2D eigenvalue weighted by molar-refractivity contribution is -0.118. The third kappa shape index (κ3) is 5.45. The van der Waals surface area contributed by atoms with Crippen LogP contribution in [0.2, 0.25) is 0 Å². The highest BCUT2D eigenvalue weighted by Crippen LogP contribution is 2.17. The highest BCUT2D eigenvalue weighted by Gasteiger charge is 2.06. The first-order chi connectivity index (χ1) is 13.6. The van der Waals surface area contributed by atoms with E-state index < -0.39 is 0 Å². The van der Waals surface area contributed by atoms with Crippen molar-refractivity contribution in [2.24, 2.45) is 0 Å². The second kappa shape index (κ2) is 9.37. The smallest absolute Gasteiger partial charge is 0.262 e. The lowest BCUT2D eigenvalue weighted by Gasteiger charge is -2.09. The fourth-order valence-corrected chi connectivity index (χ4v) is 2.60. The van der Waals surface area contributed by atoms with Crippen LogP contribution in [-0.4, -0.2) is 18.4 Å². The Labute approximate surface area is 164 Å². The first-order valence-electron chi connectivity index (χ1n) is 9.12. The highest BCUT2D eigenvalue weighted by molar-refractivity contribution is 6.04. The molecule has 3 rings (SSSR count). The zero-order valence-electron chi connectivity index (χ0n) is 15.6. The molecule has 0 aliphatic carbocycles. The highest BCUT2D eigenvalue weighted by atomic mass is 16.5. The summed E-state index contributed by atoms with van der Waals surface area (Å²) in [6.07, 6.45) is 0.957. The summed E-state index contributed by atoms with van der Waals surface area (Å²) in [5.74, 6) is 0.141. The molecule has 5 nitrogen and oxygen atoms in total. The lowest BCUT2D eigenvalue weighted by atomic mass is 10.1. The molecule has 5 heteroatoms. The van der Waals surface area contributed by atoms with E-state index in [4.69, 9.17) is 4.74 Å². The molecular formula is C23H22N2O3. The lowest BCUT2D eigenvalue weighted by Crippen LogP contribution is -2.20. The quantitative estimate of drug-likeness (QED) is 0.639. The molecule has 0 aliphatic rings. The van der Waals surface area contributed by atoms with E-state index in [1.54, 1.807) is 36.4 Å². The van der Waals surface area contributed by atoms with Gasteiger partial charge in [-0.1, -0.05) is 37.3 Å². The number of anilines is 2. The van der Waals surface area contributed by atoms with Crippen LogP contribution in [-0.2, 0) is 11.2 Å². The van der Waals surface area contributed by atoms with Crippen LogP contribution < -0.4 is 15.4 Å².